The number of hydrogen-bond acceptors (Lipinski definition) is 4. The van der Waals surface area contributed by atoms with Gasteiger partial charge in [0.05, 0.1) is 9.88 Å². The van der Waals surface area contributed by atoms with E-state index in [1.807, 2.05) is 48.2 Å². The Kier molecular flexibility index (Phi) is 4.71. The summed E-state index contributed by atoms with van der Waals surface area (Å²) in [5.74, 6) is 0.0425. The topological polar surface area (TPSA) is 36.4 Å². The molecule has 0 radical (unpaired) electrons. The molecule has 1 fully saturated rings. The lowest BCUT2D eigenvalue weighted by Crippen LogP contribution is -2.49. The lowest BCUT2D eigenvalue weighted by atomic mass is 10.1. The van der Waals surface area contributed by atoms with Gasteiger partial charge in [-0.05, 0) is 24.6 Å². The smallest absolute Gasteiger partial charge is 0.274 e. The van der Waals surface area contributed by atoms with Crippen molar-refractivity contribution in [3.63, 3.8) is 0 Å². The standard InChI is InChI=1S/C21H21N3OS/c1-16-22-19(20(26-16)17-8-4-2-5-9-17)21(25)24-14-12-23(13-15-24)18-10-6-3-7-11-18/h2-11H,12-15H2,1H3. The van der Waals surface area contributed by atoms with Gasteiger partial charge < -0.3 is 9.80 Å². The highest BCUT2D eigenvalue weighted by Gasteiger charge is 2.26. The van der Waals surface area contributed by atoms with E-state index in [0.717, 1.165) is 41.6 Å². The molecule has 0 saturated carbocycles. The first kappa shape index (κ1) is 16.8. The molecular weight excluding hydrogens is 342 g/mol. The summed E-state index contributed by atoms with van der Waals surface area (Å²) in [5, 5.41) is 0.926. The number of anilines is 1. The Balaban J connectivity index is 1.51. The first-order chi connectivity index (χ1) is 12.7. The number of aryl methyl sites for hydroxylation is 1. The van der Waals surface area contributed by atoms with Crippen LogP contribution in [0.3, 0.4) is 0 Å². The van der Waals surface area contributed by atoms with E-state index < -0.39 is 0 Å². The molecule has 0 unspecified atom stereocenters. The van der Waals surface area contributed by atoms with Crippen molar-refractivity contribution in [1.29, 1.82) is 0 Å². The number of piperazine rings is 1. The third-order valence-electron chi connectivity index (χ3n) is 4.66. The van der Waals surface area contributed by atoms with Gasteiger partial charge in [0.2, 0.25) is 0 Å². The lowest BCUT2D eigenvalue weighted by Gasteiger charge is -2.36. The monoisotopic (exact) mass is 363 g/mol. The summed E-state index contributed by atoms with van der Waals surface area (Å²) in [5.41, 5.74) is 2.87. The quantitative estimate of drug-likeness (QED) is 0.703. The Morgan fingerprint density at radius 3 is 2.19 bits per heavy atom. The number of nitrogens with zero attached hydrogens (tertiary/aromatic N) is 3. The van der Waals surface area contributed by atoms with Gasteiger partial charge in [0.25, 0.3) is 5.91 Å². The van der Waals surface area contributed by atoms with Crippen LogP contribution in [-0.2, 0) is 0 Å². The second-order valence-corrected chi connectivity index (χ2v) is 7.59. The van der Waals surface area contributed by atoms with Crippen LogP contribution in [0.15, 0.2) is 60.7 Å². The SMILES string of the molecule is Cc1nc(C(=O)N2CCN(c3ccccc3)CC2)c(-c2ccccc2)s1. The molecule has 4 nitrogen and oxygen atoms in total. The van der Waals surface area contributed by atoms with E-state index in [0.29, 0.717) is 5.69 Å². The van der Waals surface area contributed by atoms with Crippen LogP contribution in [0.1, 0.15) is 15.5 Å². The second-order valence-electron chi connectivity index (χ2n) is 6.39. The highest BCUT2D eigenvalue weighted by molar-refractivity contribution is 7.15. The Morgan fingerprint density at radius 2 is 1.54 bits per heavy atom. The Bertz CT molecular complexity index is 884. The van der Waals surface area contributed by atoms with E-state index >= 15 is 0 Å². The van der Waals surface area contributed by atoms with Gasteiger partial charge in [-0.15, -0.1) is 11.3 Å². The minimum absolute atomic E-state index is 0.0425. The highest BCUT2D eigenvalue weighted by atomic mass is 32.1. The average molecular weight is 363 g/mol. The maximum absolute atomic E-state index is 13.1. The molecule has 1 aromatic heterocycles. The van der Waals surface area contributed by atoms with Gasteiger partial charge >= 0.3 is 0 Å². The van der Waals surface area contributed by atoms with Crippen LogP contribution >= 0.6 is 11.3 Å². The number of carbonyl (C=O) groups excluding carboxylic acids is 1. The van der Waals surface area contributed by atoms with E-state index in [-0.39, 0.29) is 5.91 Å². The number of hydrogen-bond donors (Lipinski definition) is 0. The predicted octanol–water partition coefficient (Wildman–Crippen LogP) is 4.08. The molecule has 1 aliphatic heterocycles. The highest BCUT2D eigenvalue weighted by Crippen LogP contribution is 2.31. The fourth-order valence-electron chi connectivity index (χ4n) is 3.31. The molecule has 0 N–H and O–H groups in total. The molecule has 0 bridgehead atoms. The summed E-state index contributed by atoms with van der Waals surface area (Å²) in [4.78, 5) is 22.9. The van der Waals surface area contributed by atoms with Crippen LogP contribution < -0.4 is 4.90 Å². The van der Waals surface area contributed by atoms with Crippen molar-refractivity contribution in [2.24, 2.45) is 0 Å². The van der Waals surface area contributed by atoms with Gasteiger partial charge in [-0.25, -0.2) is 4.98 Å². The number of rotatable bonds is 3. The third kappa shape index (κ3) is 3.35. The minimum Gasteiger partial charge on any atom is -0.368 e. The van der Waals surface area contributed by atoms with E-state index in [1.165, 1.54) is 5.69 Å². The van der Waals surface area contributed by atoms with Gasteiger partial charge in [-0.3, -0.25) is 4.79 Å². The normalized spacial score (nSPS) is 14.5. The molecule has 1 saturated heterocycles. The summed E-state index contributed by atoms with van der Waals surface area (Å²) < 4.78 is 0. The molecule has 3 aromatic rings. The van der Waals surface area contributed by atoms with Crippen LogP contribution in [0.4, 0.5) is 5.69 Å². The van der Waals surface area contributed by atoms with Crippen LogP contribution in [0, 0.1) is 6.92 Å². The molecule has 0 atom stereocenters. The number of aromatic nitrogens is 1. The van der Waals surface area contributed by atoms with Crippen molar-refractivity contribution in [2.75, 3.05) is 31.1 Å². The van der Waals surface area contributed by atoms with Crippen LogP contribution in [0.5, 0.6) is 0 Å². The summed E-state index contributed by atoms with van der Waals surface area (Å²) in [6.07, 6.45) is 0. The number of benzene rings is 2. The maximum atomic E-state index is 13.1. The largest absolute Gasteiger partial charge is 0.368 e. The van der Waals surface area contributed by atoms with Crippen molar-refractivity contribution < 1.29 is 4.79 Å². The van der Waals surface area contributed by atoms with Gasteiger partial charge in [0, 0.05) is 31.9 Å². The fourth-order valence-corrected chi connectivity index (χ4v) is 4.23. The first-order valence-electron chi connectivity index (χ1n) is 8.84. The number of carbonyl (C=O) groups is 1. The molecule has 1 aliphatic rings. The zero-order chi connectivity index (χ0) is 17.9. The minimum atomic E-state index is 0.0425. The molecule has 2 aromatic carbocycles. The Labute approximate surface area is 157 Å². The summed E-state index contributed by atoms with van der Waals surface area (Å²) >= 11 is 1.59. The summed E-state index contributed by atoms with van der Waals surface area (Å²) in [7, 11) is 0. The van der Waals surface area contributed by atoms with E-state index in [1.54, 1.807) is 11.3 Å². The molecule has 132 valence electrons. The number of para-hydroxylation sites is 1. The molecule has 2 heterocycles. The van der Waals surface area contributed by atoms with Gasteiger partial charge in [-0.2, -0.15) is 0 Å². The van der Waals surface area contributed by atoms with Gasteiger partial charge in [0.15, 0.2) is 0 Å². The Hall–Kier alpha value is -2.66. The molecule has 26 heavy (non-hydrogen) atoms. The lowest BCUT2D eigenvalue weighted by molar-refractivity contribution is 0.0742. The van der Waals surface area contributed by atoms with E-state index in [2.05, 4.69) is 34.1 Å². The molecule has 0 spiro atoms. The van der Waals surface area contributed by atoms with Crippen molar-refractivity contribution in [1.82, 2.24) is 9.88 Å². The van der Waals surface area contributed by atoms with Gasteiger partial charge in [0.1, 0.15) is 5.69 Å². The zero-order valence-electron chi connectivity index (χ0n) is 14.8. The Morgan fingerprint density at radius 1 is 0.923 bits per heavy atom. The molecule has 4 rings (SSSR count). The zero-order valence-corrected chi connectivity index (χ0v) is 15.6. The summed E-state index contributed by atoms with van der Waals surface area (Å²) in [6.45, 7) is 5.09. The van der Waals surface area contributed by atoms with E-state index in [9.17, 15) is 4.79 Å². The third-order valence-corrected chi connectivity index (χ3v) is 5.68. The van der Waals surface area contributed by atoms with Gasteiger partial charge in [-0.1, -0.05) is 48.5 Å². The van der Waals surface area contributed by atoms with E-state index in [4.69, 9.17) is 0 Å². The second kappa shape index (κ2) is 7.30. The first-order valence-corrected chi connectivity index (χ1v) is 9.66. The molecule has 1 amide bonds. The molecule has 5 heteroatoms. The van der Waals surface area contributed by atoms with Crippen molar-refractivity contribution in [3.05, 3.63) is 71.4 Å². The van der Waals surface area contributed by atoms with Crippen LogP contribution in [-0.4, -0.2) is 42.0 Å². The van der Waals surface area contributed by atoms with Crippen molar-refractivity contribution >= 4 is 22.9 Å². The number of thiazole rings is 1. The predicted molar refractivity (Wildman–Crippen MR) is 107 cm³/mol. The average Bonchev–Trinajstić information content (AvgIpc) is 3.11. The summed E-state index contributed by atoms with van der Waals surface area (Å²) in [6, 6.07) is 20.4. The molecular formula is C21H21N3OS. The fraction of sp³-hybridized carbons (Fsp3) is 0.238. The van der Waals surface area contributed by atoms with Crippen molar-refractivity contribution in [3.8, 4) is 10.4 Å². The van der Waals surface area contributed by atoms with Crippen LogP contribution in [0.25, 0.3) is 10.4 Å². The van der Waals surface area contributed by atoms with Crippen molar-refractivity contribution in [2.45, 2.75) is 6.92 Å². The number of amides is 1. The van der Waals surface area contributed by atoms with Crippen LogP contribution in [0.2, 0.25) is 0 Å². The molecule has 0 aliphatic carbocycles. The maximum Gasteiger partial charge on any atom is 0.274 e.